The molecule has 1 aromatic carbocycles. The van der Waals surface area contributed by atoms with Gasteiger partial charge in [-0.05, 0) is 30.2 Å². The van der Waals surface area contributed by atoms with Gasteiger partial charge in [0.1, 0.15) is 0 Å². The van der Waals surface area contributed by atoms with Gasteiger partial charge in [-0.1, -0.05) is 24.3 Å². The molecule has 0 aromatic heterocycles. The van der Waals surface area contributed by atoms with Crippen LogP contribution in [0.1, 0.15) is 28.4 Å². The lowest BCUT2D eigenvalue weighted by Crippen LogP contribution is -2.22. The van der Waals surface area contributed by atoms with Gasteiger partial charge in [-0.2, -0.15) is 0 Å². The van der Waals surface area contributed by atoms with E-state index < -0.39 is 5.97 Å². The van der Waals surface area contributed by atoms with Gasteiger partial charge < -0.3 is 10.0 Å². The first-order chi connectivity index (χ1) is 9.11. The van der Waals surface area contributed by atoms with E-state index in [1.807, 2.05) is 13.0 Å². The van der Waals surface area contributed by atoms with E-state index >= 15 is 0 Å². The van der Waals surface area contributed by atoms with Crippen LogP contribution < -0.4 is 0 Å². The molecule has 1 aromatic rings. The monoisotopic (exact) mass is 257 g/mol. The van der Waals surface area contributed by atoms with Gasteiger partial charge in [0.05, 0.1) is 5.56 Å². The number of carbonyl (C=O) groups is 2. The summed E-state index contributed by atoms with van der Waals surface area (Å²) in [5.74, 6) is -1.01. The van der Waals surface area contributed by atoms with Crippen LogP contribution in [0, 0.1) is 0 Å². The fourth-order valence-corrected chi connectivity index (χ4v) is 2.04. The van der Waals surface area contributed by atoms with E-state index in [2.05, 4.69) is 0 Å². The van der Waals surface area contributed by atoms with Gasteiger partial charge in [-0.25, -0.2) is 4.79 Å². The average molecular weight is 257 g/mol. The fourth-order valence-electron chi connectivity index (χ4n) is 2.04. The SMILES string of the molecule is CC=CC=CC(=O)N1Cc2ccc(C(=O)O)cc2C1. The van der Waals surface area contributed by atoms with Crippen LogP contribution >= 0.6 is 0 Å². The third-order valence-corrected chi connectivity index (χ3v) is 3.03. The summed E-state index contributed by atoms with van der Waals surface area (Å²) in [5, 5.41) is 8.94. The molecule has 4 heteroatoms. The summed E-state index contributed by atoms with van der Waals surface area (Å²) in [4.78, 5) is 24.5. The van der Waals surface area contributed by atoms with E-state index in [9.17, 15) is 9.59 Å². The molecule has 19 heavy (non-hydrogen) atoms. The number of carboxylic acid groups (broad SMARTS) is 1. The molecule has 2 rings (SSSR count). The van der Waals surface area contributed by atoms with Crippen molar-refractivity contribution < 1.29 is 14.7 Å². The second kappa shape index (κ2) is 5.52. The third kappa shape index (κ3) is 2.91. The summed E-state index contributed by atoms with van der Waals surface area (Å²) in [6.07, 6.45) is 6.86. The highest BCUT2D eigenvalue weighted by atomic mass is 16.4. The maximum Gasteiger partial charge on any atom is 0.335 e. The molecule has 0 spiro atoms. The largest absolute Gasteiger partial charge is 0.478 e. The van der Waals surface area contributed by atoms with Crippen LogP contribution in [0.4, 0.5) is 0 Å². The molecule has 1 aliphatic rings. The van der Waals surface area contributed by atoms with Crippen molar-refractivity contribution in [3.63, 3.8) is 0 Å². The van der Waals surface area contributed by atoms with Crippen LogP contribution in [0.15, 0.2) is 42.5 Å². The Hall–Kier alpha value is -2.36. The molecule has 0 unspecified atom stereocenters. The van der Waals surface area contributed by atoms with Crippen molar-refractivity contribution in [1.82, 2.24) is 4.90 Å². The van der Waals surface area contributed by atoms with Gasteiger partial charge in [-0.3, -0.25) is 4.79 Å². The second-order valence-electron chi connectivity index (χ2n) is 4.37. The number of nitrogens with zero attached hydrogens (tertiary/aromatic N) is 1. The Morgan fingerprint density at radius 3 is 2.63 bits per heavy atom. The maximum absolute atomic E-state index is 11.9. The van der Waals surface area contributed by atoms with Gasteiger partial charge in [-0.15, -0.1) is 0 Å². The summed E-state index contributed by atoms with van der Waals surface area (Å²) >= 11 is 0. The van der Waals surface area contributed by atoms with Crippen LogP contribution in [-0.2, 0) is 17.9 Å². The number of allylic oxidation sites excluding steroid dienone is 3. The molecule has 0 atom stereocenters. The van der Waals surface area contributed by atoms with E-state index in [1.165, 1.54) is 6.08 Å². The minimum atomic E-state index is -0.944. The zero-order valence-corrected chi connectivity index (χ0v) is 10.7. The van der Waals surface area contributed by atoms with Crippen molar-refractivity contribution >= 4 is 11.9 Å². The van der Waals surface area contributed by atoms with Crippen molar-refractivity contribution in [2.75, 3.05) is 0 Å². The molecule has 0 bridgehead atoms. The lowest BCUT2D eigenvalue weighted by atomic mass is 10.1. The van der Waals surface area contributed by atoms with Crippen molar-refractivity contribution in [3.8, 4) is 0 Å². The first-order valence-corrected chi connectivity index (χ1v) is 6.05. The number of carbonyl (C=O) groups excluding carboxylic acids is 1. The third-order valence-electron chi connectivity index (χ3n) is 3.03. The molecule has 1 amide bonds. The Morgan fingerprint density at radius 1 is 1.21 bits per heavy atom. The lowest BCUT2D eigenvalue weighted by molar-refractivity contribution is -0.126. The topological polar surface area (TPSA) is 57.6 Å². The minimum absolute atomic E-state index is 0.0637. The van der Waals surface area contributed by atoms with E-state index in [0.29, 0.717) is 13.1 Å². The molecule has 98 valence electrons. The average Bonchev–Trinajstić information content (AvgIpc) is 2.81. The van der Waals surface area contributed by atoms with Crippen molar-refractivity contribution in [3.05, 3.63) is 59.2 Å². The Labute approximate surface area is 111 Å². The smallest absolute Gasteiger partial charge is 0.335 e. The molecule has 0 saturated carbocycles. The molecule has 0 saturated heterocycles. The number of hydrogen-bond acceptors (Lipinski definition) is 2. The van der Waals surface area contributed by atoms with E-state index in [1.54, 1.807) is 35.3 Å². The molecular formula is C15H15NO3. The van der Waals surface area contributed by atoms with Crippen molar-refractivity contribution in [2.24, 2.45) is 0 Å². The highest BCUT2D eigenvalue weighted by Gasteiger charge is 2.22. The summed E-state index contributed by atoms with van der Waals surface area (Å²) < 4.78 is 0. The van der Waals surface area contributed by atoms with Crippen LogP contribution in [0.2, 0.25) is 0 Å². The Morgan fingerprint density at radius 2 is 1.95 bits per heavy atom. The first kappa shape index (κ1) is 13.1. The normalized spacial score (nSPS) is 14.3. The fraction of sp³-hybridized carbons (Fsp3) is 0.200. The lowest BCUT2D eigenvalue weighted by Gasteiger charge is -2.11. The number of fused-ring (bicyclic) bond motifs is 1. The minimum Gasteiger partial charge on any atom is -0.478 e. The summed E-state index contributed by atoms with van der Waals surface area (Å²) in [6, 6.07) is 4.99. The quantitative estimate of drug-likeness (QED) is 0.668. The number of benzene rings is 1. The van der Waals surface area contributed by atoms with Crippen LogP contribution in [0.25, 0.3) is 0 Å². The van der Waals surface area contributed by atoms with Crippen LogP contribution in [-0.4, -0.2) is 21.9 Å². The van der Waals surface area contributed by atoms with Gasteiger partial charge in [0.15, 0.2) is 0 Å². The van der Waals surface area contributed by atoms with Gasteiger partial charge in [0.25, 0.3) is 0 Å². The van der Waals surface area contributed by atoms with Crippen molar-refractivity contribution in [1.29, 1.82) is 0 Å². The van der Waals surface area contributed by atoms with Gasteiger partial charge in [0, 0.05) is 19.2 Å². The second-order valence-corrected chi connectivity index (χ2v) is 4.37. The number of amides is 1. The zero-order chi connectivity index (χ0) is 13.8. The van der Waals surface area contributed by atoms with Crippen LogP contribution in [0.3, 0.4) is 0 Å². The predicted molar refractivity (Wildman–Crippen MR) is 71.6 cm³/mol. The number of aromatic carboxylic acids is 1. The number of rotatable bonds is 3. The molecule has 1 N–H and O–H groups in total. The summed E-state index contributed by atoms with van der Waals surface area (Å²) in [7, 11) is 0. The molecule has 1 heterocycles. The number of hydrogen-bond donors (Lipinski definition) is 1. The highest BCUT2D eigenvalue weighted by Crippen LogP contribution is 2.24. The molecule has 0 radical (unpaired) electrons. The van der Waals surface area contributed by atoms with E-state index in [0.717, 1.165) is 11.1 Å². The summed E-state index contributed by atoms with van der Waals surface area (Å²) in [5.41, 5.74) is 2.18. The Balaban J connectivity index is 2.12. The highest BCUT2D eigenvalue weighted by molar-refractivity contribution is 5.89. The molecule has 1 aliphatic heterocycles. The predicted octanol–water partition coefficient (Wildman–Crippen LogP) is 2.36. The van der Waals surface area contributed by atoms with Gasteiger partial charge in [0.2, 0.25) is 5.91 Å². The Bertz CT molecular complexity index is 573. The maximum atomic E-state index is 11.9. The first-order valence-electron chi connectivity index (χ1n) is 6.05. The van der Waals surface area contributed by atoms with E-state index in [-0.39, 0.29) is 11.5 Å². The molecular weight excluding hydrogens is 242 g/mol. The van der Waals surface area contributed by atoms with Crippen molar-refractivity contribution in [2.45, 2.75) is 20.0 Å². The molecule has 0 fully saturated rings. The van der Waals surface area contributed by atoms with Crippen LogP contribution in [0.5, 0.6) is 0 Å². The standard InChI is InChI=1S/C15H15NO3/c1-2-3-4-5-14(17)16-9-12-7-6-11(15(18)19)8-13(12)10-16/h2-8H,9-10H2,1H3,(H,18,19). The zero-order valence-electron chi connectivity index (χ0n) is 10.7. The van der Waals surface area contributed by atoms with E-state index in [4.69, 9.17) is 5.11 Å². The molecule has 4 nitrogen and oxygen atoms in total. The van der Waals surface area contributed by atoms with Gasteiger partial charge >= 0.3 is 5.97 Å². The Kier molecular flexibility index (Phi) is 3.80. The number of carboxylic acids is 1. The molecule has 0 aliphatic carbocycles. The summed E-state index contributed by atoms with van der Waals surface area (Å²) in [6.45, 7) is 2.89.